The highest BCUT2D eigenvalue weighted by Gasteiger charge is 2.18. The maximum atomic E-state index is 14.5. The van der Waals surface area contributed by atoms with Gasteiger partial charge in [0, 0.05) is 138 Å². The lowest BCUT2D eigenvalue weighted by Gasteiger charge is -2.19. The highest BCUT2D eigenvalue weighted by Crippen LogP contribution is 2.33. The van der Waals surface area contributed by atoms with Crippen molar-refractivity contribution < 1.29 is 41.1 Å². The van der Waals surface area contributed by atoms with Crippen molar-refractivity contribution in [1.29, 1.82) is 0 Å². The third-order valence-electron chi connectivity index (χ3n) is 19.9. The van der Waals surface area contributed by atoms with E-state index in [9.17, 15) is 41.1 Å². The van der Waals surface area contributed by atoms with Gasteiger partial charge in [-0.3, -0.25) is 24.2 Å². The summed E-state index contributed by atoms with van der Waals surface area (Å²) in [6.45, 7) is 13.4. The molecule has 0 unspecified atom stereocenters. The number of carbonyl (C=O) groups excluding carboxylic acids is 4. The van der Waals surface area contributed by atoms with Gasteiger partial charge in [0.25, 0.3) is 0 Å². The molecule has 0 atom stereocenters. The lowest BCUT2D eigenvalue weighted by atomic mass is 9.99. The van der Waals surface area contributed by atoms with Crippen LogP contribution >= 0.6 is 11.6 Å². The summed E-state index contributed by atoms with van der Waals surface area (Å²) in [5.74, 6) is -0.942. The molecule has 0 saturated carbocycles. The Hall–Kier alpha value is -12.0. The molecule has 0 bridgehead atoms. The number of benzene rings is 8. The Morgan fingerprint density at radius 1 is 0.345 bits per heavy atom. The monoisotopic (exact) mass is 1590 g/mol. The first-order valence-corrected chi connectivity index (χ1v) is 39.7. The molecule has 13 nitrogen and oxygen atoms in total. The fourth-order valence-electron chi connectivity index (χ4n) is 13.3. The molecule has 12 aromatic rings. The first-order valence-electron chi connectivity index (χ1n) is 39.3. The highest BCUT2D eigenvalue weighted by molar-refractivity contribution is 6.30. The fourth-order valence-corrected chi connectivity index (χ4v) is 13.5. The van der Waals surface area contributed by atoms with Gasteiger partial charge < -0.3 is 25.3 Å². The van der Waals surface area contributed by atoms with Gasteiger partial charge in [0.2, 0.25) is 5.95 Å². The minimum Gasteiger partial charge on any atom is -0.383 e. The first kappa shape index (κ1) is 87.9. The van der Waals surface area contributed by atoms with Crippen molar-refractivity contribution in [3.8, 4) is 44.5 Å². The van der Waals surface area contributed by atoms with E-state index in [1.54, 1.807) is 97.3 Å². The number of nitrogens with two attached hydrogens (primary N) is 1. The molecular weight excluding hydrogens is 1490 g/mol. The smallest absolute Gasteiger partial charge is 0.216 e. The van der Waals surface area contributed by atoms with Gasteiger partial charge in [-0.05, 0) is 192 Å². The van der Waals surface area contributed by atoms with E-state index in [0.29, 0.717) is 106 Å². The third kappa shape index (κ3) is 25.2. The Kier molecular flexibility index (Phi) is 33.4. The Morgan fingerprint density at radius 2 is 0.638 bits per heavy atom. The molecule has 0 saturated heterocycles. The number of nitrogens with zero attached hydrogens (tertiary/aromatic N) is 8. The zero-order valence-electron chi connectivity index (χ0n) is 67.5. The van der Waals surface area contributed by atoms with Crippen molar-refractivity contribution >= 4 is 63.3 Å². The van der Waals surface area contributed by atoms with Gasteiger partial charge in [-0.1, -0.05) is 185 Å². The normalized spacial score (nSPS) is 10.8. The van der Waals surface area contributed by atoms with Crippen molar-refractivity contribution in [3.05, 3.63) is 328 Å². The minimum atomic E-state index is -0.536. The molecule has 0 radical (unpaired) electrons. The van der Waals surface area contributed by atoms with E-state index in [2.05, 4.69) is 47.6 Å². The SMILES string of the molecule is CCCN(C)c1ccc(-c2ccc(C(=O)CCc3ccc(C)nc3)cc2)cc1F.CCCN(C)c1ccc(-c2ccc(C(=O)CCc3cccnc3Cl)cc2)cc1F.CCCN(C)c1ccc(-c2ccc(C(=O)CCc3cccnc3F)cc2)cc1F.CCCN(C)c1ccc(-c2ccc(C(=O)CCc3cccnc3N)cc2)cc1F. The number of nitrogen functional groups attached to an aromatic ring is 1. The largest absolute Gasteiger partial charge is 0.383 e. The average molecular weight is 1590 g/mol. The lowest BCUT2D eigenvalue weighted by Crippen LogP contribution is -2.18. The number of pyridine rings is 4. The summed E-state index contributed by atoms with van der Waals surface area (Å²) >= 11 is 6.05. The minimum absolute atomic E-state index is 0.0409. The van der Waals surface area contributed by atoms with Crippen LogP contribution in [0.1, 0.15) is 148 Å². The van der Waals surface area contributed by atoms with E-state index >= 15 is 0 Å². The zero-order valence-corrected chi connectivity index (χ0v) is 68.2. The van der Waals surface area contributed by atoms with Crippen LogP contribution in [-0.4, -0.2) is 97.4 Å². The summed E-state index contributed by atoms with van der Waals surface area (Å²) in [5, 5.41) is 0.436. The summed E-state index contributed by atoms with van der Waals surface area (Å²) in [6.07, 6.45) is 13.7. The number of anilines is 5. The Bertz CT molecular complexity index is 4840. The predicted molar refractivity (Wildman–Crippen MR) is 463 cm³/mol. The molecule has 8 aromatic carbocycles. The van der Waals surface area contributed by atoms with Gasteiger partial charge in [-0.15, -0.1) is 0 Å². The van der Waals surface area contributed by atoms with Gasteiger partial charge in [0.1, 0.15) is 34.2 Å². The molecule has 116 heavy (non-hydrogen) atoms. The zero-order chi connectivity index (χ0) is 83.2. The number of ketones is 4. The topological polar surface area (TPSA) is 159 Å². The summed E-state index contributed by atoms with van der Waals surface area (Å²) in [6, 6.07) is 64.7. The standard InChI is InChI=1S/C25H27FN2O.C24H24ClFN2O.C24H24F2N2O.C24H26FN3O/c1-4-15-28(3)24-13-12-22(16-23(24)26)20-8-10-21(11-9-20)25(29)14-7-19-6-5-18(2)27-17-19;1-3-15-28(2)22-12-10-20(16-21(22)26)17-6-8-18(9-7-17)23(29)13-11-19-5-4-14-27-24(19)25;2*1-3-15-28(2)22-12-10-20(16-21(22)25)17-6-8-18(9-7-17)23(29)13-11-19-5-4-14-27-24(19)26/h5-6,8-13,16-17H,4,7,14-15H2,1-3H3;2*4-10,12,14,16H,3,11,13,15H2,1-2H3;4-10,12,14,16H,3,11,13,15H2,1-2H3,(H2,26,27). The number of carbonyl (C=O) groups is 4. The van der Waals surface area contributed by atoms with Crippen LogP contribution in [0, 0.1) is 36.1 Å². The molecule has 0 fully saturated rings. The molecule has 4 aromatic heterocycles. The molecule has 2 N–H and O–H groups in total. The molecule has 0 spiro atoms. The maximum absolute atomic E-state index is 14.5. The molecule has 600 valence electrons. The van der Waals surface area contributed by atoms with E-state index in [-0.39, 0.29) is 52.8 Å². The second-order valence-corrected chi connectivity index (χ2v) is 29.0. The van der Waals surface area contributed by atoms with E-state index in [0.717, 1.165) is 119 Å². The number of hydrogen-bond donors (Lipinski definition) is 1. The molecule has 19 heteroatoms. The van der Waals surface area contributed by atoms with E-state index in [1.165, 1.54) is 12.3 Å². The van der Waals surface area contributed by atoms with Crippen LogP contribution in [0.15, 0.2) is 243 Å². The maximum Gasteiger partial charge on any atom is 0.216 e. The fraction of sp³-hybridized carbons (Fsp3) is 0.258. The van der Waals surface area contributed by atoms with Crippen LogP contribution in [0.3, 0.4) is 0 Å². The van der Waals surface area contributed by atoms with Gasteiger partial charge in [-0.25, -0.2) is 32.5 Å². The molecule has 0 aliphatic rings. The van der Waals surface area contributed by atoms with Crippen LogP contribution < -0.4 is 25.3 Å². The number of Topliss-reactive ketones (excluding diaryl/α,β-unsaturated/α-hetero) is 4. The number of hydrogen-bond acceptors (Lipinski definition) is 13. The number of halogens is 6. The summed E-state index contributed by atoms with van der Waals surface area (Å²) in [5.41, 5.74) is 21.5. The summed E-state index contributed by atoms with van der Waals surface area (Å²) < 4.78 is 71.6. The van der Waals surface area contributed by atoms with Crippen LogP contribution in [0.5, 0.6) is 0 Å². The quantitative estimate of drug-likeness (QED) is 0.0241. The molecule has 12 rings (SSSR count). The van der Waals surface area contributed by atoms with Gasteiger partial charge in [-0.2, -0.15) is 4.39 Å². The first-order chi connectivity index (χ1) is 55.9. The molecule has 0 aliphatic carbocycles. The van der Waals surface area contributed by atoms with Crippen molar-refractivity contribution in [3.63, 3.8) is 0 Å². The van der Waals surface area contributed by atoms with Crippen molar-refractivity contribution in [2.75, 3.05) is 79.7 Å². The van der Waals surface area contributed by atoms with Crippen LogP contribution in [-0.2, 0) is 25.7 Å². The van der Waals surface area contributed by atoms with E-state index in [1.807, 2.05) is 188 Å². The molecule has 0 amide bonds. The number of aryl methyl sites for hydroxylation is 5. The van der Waals surface area contributed by atoms with Crippen LogP contribution in [0.4, 0.5) is 50.5 Å². The summed E-state index contributed by atoms with van der Waals surface area (Å²) in [7, 11) is 7.55. The number of rotatable bonds is 32. The van der Waals surface area contributed by atoms with Crippen molar-refractivity contribution in [1.82, 2.24) is 19.9 Å². The Morgan fingerprint density at radius 3 is 0.940 bits per heavy atom. The molecule has 0 aliphatic heterocycles. The highest BCUT2D eigenvalue weighted by atomic mass is 35.5. The average Bonchev–Trinajstić information content (AvgIpc) is 0.833. The predicted octanol–water partition coefficient (Wildman–Crippen LogP) is 22.9. The molecular formula is C97H101ClF5N9O4. The van der Waals surface area contributed by atoms with Gasteiger partial charge in [0.15, 0.2) is 23.1 Å². The third-order valence-corrected chi connectivity index (χ3v) is 20.2. The Balaban J connectivity index is 0.000000177. The van der Waals surface area contributed by atoms with Gasteiger partial charge >= 0.3 is 0 Å². The number of aromatic nitrogens is 4. The van der Waals surface area contributed by atoms with Crippen LogP contribution in [0.25, 0.3) is 44.5 Å². The second kappa shape index (κ2) is 44.0. The Labute approximate surface area is 684 Å². The summed E-state index contributed by atoms with van der Waals surface area (Å²) in [4.78, 5) is 73.4. The second-order valence-electron chi connectivity index (χ2n) is 28.6. The lowest BCUT2D eigenvalue weighted by molar-refractivity contribution is 0.0974. The van der Waals surface area contributed by atoms with Gasteiger partial charge in [0.05, 0.1) is 22.7 Å². The van der Waals surface area contributed by atoms with E-state index < -0.39 is 5.95 Å². The van der Waals surface area contributed by atoms with Crippen molar-refractivity contribution in [2.45, 2.75) is 112 Å². The van der Waals surface area contributed by atoms with Crippen LogP contribution in [0.2, 0.25) is 5.15 Å². The van der Waals surface area contributed by atoms with E-state index in [4.69, 9.17) is 17.3 Å². The molecule has 4 heterocycles. The van der Waals surface area contributed by atoms with Crippen molar-refractivity contribution in [2.24, 2.45) is 0 Å².